The first-order valence-electron chi connectivity index (χ1n) is 3.15. The van der Waals surface area contributed by atoms with Crippen molar-refractivity contribution >= 4 is 11.8 Å². The maximum atomic E-state index is 3.20. The van der Waals surface area contributed by atoms with Crippen LogP contribution in [0.2, 0.25) is 0 Å². The van der Waals surface area contributed by atoms with Gasteiger partial charge in [-0.2, -0.15) is 11.8 Å². The van der Waals surface area contributed by atoms with Crippen molar-refractivity contribution in [1.82, 2.24) is 5.32 Å². The smallest absolute Gasteiger partial charge is 0.0368 e. The average Bonchev–Trinajstić information content (AvgIpc) is 2.33. The second-order valence-electron chi connectivity index (χ2n) is 2.34. The topological polar surface area (TPSA) is 12.0 Å². The van der Waals surface area contributed by atoms with Crippen LogP contribution in [0.25, 0.3) is 0 Å². The fourth-order valence-corrected chi connectivity index (χ4v) is 2.31. The van der Waals surface area contributed by atoms with Crippen LogP contribution in [-0.2, 0) is 0 Å². The van der Waals surface area contributed by atoms with Gasteiger partial charge in [-0.05, 0) is 23.4 Å². The molecule has 2 heteroatoms. The summed E-state index contributed by atoms with van der Waals surface area (Å²) in [6.45, 7) is 1.08. The Kier molecular flexibility index (Phi) is 1.27. The van der Waals surface area contributed by atoms with Crippen molar-refractivity contribution in [3.05, 3.63) is 23.4 Å². The Morgan fingerprint density at radius 1 is 1.44 bits per heavy atom. The summed E-state index contributed by atoms with van der Waals surface area (Å²) in [5, 5.41) is 3.20. The van der Waals surface area contributed by atoms with Gasteiger partial charge >= 0.3 is 0 Å². The van der Waals surface area contributed by atoms with Gasteiger partial charge in [0.05, 0.1) is 0 Å². The zero-order valence-electron chi connectivity index (χ0n) is 5.18. The lowest BCUT2D eigenvalue weighted by Gasteiger charge is -2.07. The van der Waals surface area contributed by atoms with Crippen molar-refractivity contribution in [1.29, 1.82) is 0 Å². The number of rotatable bonds is 0. The highest BCUT2D eigenvalue weighted by atomic mass is 32.2. The van der Waals surface area contributed by atoms with Crippen molar-refractivity contribution < 1.29 is 0 Å². The van der Waals surface area contributed by atoms with Crippen LogP contribution < -0.4 is 5.32 Å². The molecule has 0 saturated carbocycles. The number of hydrogen-bond acceptors (Lipinski definition) is 2. The maximum Gasteiger partial charge on any atom is 0.0368 e. The second kappa shape index (κ2) is 2.10. The van der Waals surface area contributed by atoms with Crippen LogP contribution in [0.3, 0.4) is 0 Å². The molecule has 2 heterocycles. The summed E-state index contributed by atoms with van der Waals surface area (Å²) in [5.41, 5.74) is 3.15. The first-order valence-corrected chi connectivity index (χ1v) is 4.31. The number of nitrogens with one attached hydrogen (secondary N) is 1. The first-order chi connectivity index (χ1) is 4.47. The predicted octanol–water partition coefficient (Wildman–Crippen LogP) is 1.15. The fourth-order valence-electron chi connectivity index (χ4n) is 1.15. The van der Waals surface area contributed by atoms with Gasteiger partial charge in [-0.25, -0.2) is 0 Å². The van der Waals surface area contributed by atoms with Gasteiger partial charge in [0.25, 0.3) is 0 Å². The quantitative estimate of drug-likeness (QED) is 0.540. The Labute approximate surface area is 59.2 Å². The zero-order valence-corrected chi connectivity index (χ0v) is 6.00. The van der Waals surface area contributed by atoms with Crippen LogP contribution in [0.15, 0.2) is 23.4 Å². The van der Waals surface area contributed by atoms with Crippen molar-refractivity contribution in [3.8, 4) is 0 Å². The summed E-state index contributed by atoms with van der Waals surface area (Å²) in [6, 6.07) is 0. The predicted molar refractivity (Wildman–Crippen MR) is 41.5 cm³/mol. The van der Waals surface area contributed by atoms with Gasteiger partial charge in [0.1, 0.15) is 0 Å². The number of hydrogen-bond donors (Lipinski definition) is 1. The van der Waals surface area contributed by atoms with Crippen LogP contribution in [-0.4, -0.2) is 18.1 Å². The summed E-state index contributed by atoms with van der Waals surface area (Å²) in [5.74, 6) is 2.47. The third-order valence-electron chi connectivity index (χ3n) is 1.71. The molecule has 1 nitrogen and oxygen atoms in total. The minimum atomic E-state index is 1.08. The molecule has 0 aromatic rings. The lowest BCUT2D eigenvalue weighted by atomic mass is 10.1. The second-order valence-corrected chi connectivity index (χ2v) is 3.32. The minimum absolute atomic E-state index is 1.08. The lowest BCUT2D eigenvalue weighted by Crippen LogP contribution is -2.14. The Hall–Kier alpha value is -0.370. The van der Waals surface area contributed by atoms with Gasteiger partial charge in [0.2, 0.25) is 0 Å². The molecular weight excluding hydrogens is 130 g/mol. The maximum absolute atomic E-state index is 3.20. The van der Waals surface area contributed by atoms with E-state index in [9.17, 15) is 0 Å². The lowest BCUT2D eigenvalue weighted by molar-refractivity contribution is 0.914. The van der Waals surface area contributed by atoms with E-state index >= 15 is 0 Å². The van der Waals surface area contributed by atoms with Crippen LogP contribution in [0.5, 0.6) is 0 Å². The van der Waals surface area contributed by atoms with E-state index in [0.29, 0.717) is 0 Å². The van der Waals surface area contributed by atoms with Gasteiger partial charge in [-0.15, -0.1) is 0 Å². The standard InChI is InChI=1S/C7H9NS/c1-2-8-3-7-5-9-4-6(1)7/h1-2,8H,3-5H2. The highest BCUT2D eigenvalue weighted by Crippen LogP contribution is 2.26. The van der Waals surface area contributed by atoms with Crippen LogP contribution >= 0.6 is 11.8 Å². The SMILES string of the molecule is C1=CC2=C(CN1)CSC2. The van der Waals surface area contributed by atoms with Crippen molar-refractivity contribution in [2.75, 3.05) is 18.1 Å². The largest absolute Gasteiger partial charge is 0.387 e. The van der Waals surface area contributed by atoms with Crippen molar-refractivity contribution in [2.45, 2.75) is 0 Å². The molecule has 0 radical (unpaired) electrons. The van der Waals surface area contributed by atoms with E-state index in [0.717, 1.165) is 6.54 Å². The Morgan fingerprint density at radius 2 is 2.44 bits per heavy atom. The molecule has 0 unspecified atom stereocenters. The Morgan fingerprint density at radius 3 is 3.33 bits per heavy atom. The third-order valence-corrected chi connectivity index (χ3v) is 2.77. The van der Waals surface area contributed by atoms with E-state index in [4.69, 9.17) is 0 Å². The summed E-state index contributed by atoms with van der Waals surface area (Å²) in [7, 11) is 0. The highest BCUT2D eigenvalue weighted by Gasteiger charge is 2.13. The fraction of sp³-hybridized carbons (Fsp3) is 0.429. The van der Waals surface area contributed by atoms with Gasteiger partial charge in [0.15, 0.2) is 0 Å². The molecule has 2 aliphatic rings. The molecular formula is C7H9NS. The third kappa shape index (κ3) is 0.874. The molecule has 0 amide bonds. The minimum Gasteiger partial charge on any atom is -0.387 e. The highest BCUT2D eigenvalue weighted by molar-refractivity contribution is 7.99. The number of allylic oxidation sites excluding steroid dienone is 1. The molecule has 0 fully saturated rings. The van der Waals surface area contributed by atoms with E-state index in [1.54, 1.807) is 11.1 Å². The summed E-state index contributed by atoms with van der Waals surface area (Å²) < 4.78 is 0. The Bertz CT molecular complexity index is 181. The van der Waals surface area contributed by atoms with E-state index in [1.165, 1.54) is 11.5 Å². The molecule has 0 atom stereocenters. The molecule has 9 heavy (non-hydrogen) atoms. The summed E-state index contributed by atoms with van der Waals surface area (Å²) in [6.07, 6.45) is 4.24. The molecule has 1 N–H and O–H groups in total. The van der Waals surface area contributed by atoms with E-state index in [2.05, 4.69) is 11.4 Å². The normalized spacial score (nSPS) is 24.0. The zero-order chi connectivity index (χ0) is 6.10. The average molecular weight is 139 g/mol. The van der Waals surface area contributed by atoms with Crippen LogP contribution in [0.4, 0.5) is 0 Å². The van der Waals surface area contributed by atoms with Crippen molar-refractivity contribution in [2.24, 2.45) is 0 Å². The van der Waals surface area contributed by atoms with Gasteiger partial charge in [-0.1, -0.05) is 0 Å². The molecule has 0 saturated heterocycles. The molecule has 2 aliphatic heterocycles. The summed E-state index contributed by atoms with van der Waals surface area (Å²) >= 11 is 2.01. The molecule has 0 spiro atoms. The van der Waals surface area contributed by atoms with Crippen LogP contribution in [0.1, 0.15) is 0 Å². The van der Waals surface area contributed by atoms with Gasteiger partial charge in [-0.3, -0.25) is 0 Å². The summed E-state index contributed by atoms with van der Waals surface area (Å²) in [4.78, 5) is 0. The molecule has 0 bridgehead atoms. The van der Waals surface area contributed by atoms with Gasteiger partial charge < -0.3 is 5.32 Å². The molecule has 48 valence electrons. The molecule has 0 aliphatic carbocycles. The van der Waals surface area contributed by atoms with Gasteiger partial charge in [0, 0.05) is 18.1 Å². The number of thioether (sulfide) groups is 1. The van der Waals surface area contributed by atoms with Crippen molar-refractivity contribution in [3.63, 3.8) is 0 Å². The van der Waals surface area contributed by atoms with E-state index in [-0.39, 0.29) is 0 Å². The number of dihydropyridines is 1. The Balaban J connectivity index is 2.28. The first kappa shape index (κ1) is 5.42. The monoisotopic (exact) mass is 139 g/mol. The molecule has 0 aromatic heterocycles. The molecule has 2 rings (SSSR count). The van der Waals surface area contributed by atoms with Crippen LogP contribution in [0, 0.1) is 0 Å². The van der Waals surface area contributed by atoms with E-state index in [1.807, 2.05) is 18.0 Å². The van der Waals surface area contributed by atoms with E-state index < -0.39 is 0 Å². The molecule has 0 aromatic carbocycles.